The maximum atomic E-state index is 13.5. The minimum atomic E-state index is -3.79. The standard InChI is InChI=1S/C9H10BrFN2O2S/c10-6-3-7(11)9(4-8(6)12)16(14,15)13-5-1-2-5/h3-5,13H,1-2,12H2. The van der Waals surface area contributed by atoms with E-state index in [1.54, 1.807) is 0 Å². The van der Waals surface area contributed by atoms with Gasteiger partial charge in [-0.25, -0.2) is 17.5 Å². The molecule has 0 atom stereocenters. The van der Waals surface area contributed by atoms with Gasteiger partial charge in [-0.2, -0.15) is 0 Å². The Bertz CT molecular complexity index is 529. The highest BCUT2D eigenvalue weighted by molar-refractivity contribution is 9.10. The summed E-state index contributed by atoms with van der Waals surface area (Å²) < 4.78 is 39.7. The Hall–Kier alpha value is -0.660. The minimum Gasteiger partial charge on any atom is -0.398 e. The Morgan fingerprint density at radius 1 is 1.44 bits per heavy atom. The number of hydrogen-bond donors (Lipinski definition) is 2. The second kappa shape index (κ2) is 3.97. The fourth-order valence-corrected chi connectivity index (χ4v) is 2.95. The number of anilines is 1. The summed E-state index contributed by atoms with van der Waals surface area (Å²) in [5.74, 6) is -0.811. The Kier molecular flexibility index (Phi) is 2.93. The smallest absolute Gasteiger partial charge is 0.243 e. The molecule has 1 aliphatic carbocycles. The van der Waals surface area contributed by atoms with Crippen LogP contribution in [0.25, 0.3) is 0 Å². The van der Waals surface area contributed by atoms with Gasteiger partial charge < -0.3 is 5.73 Å². The summed E-state index contributed by atoms with van der Waals surface area (Å²) in [7, 11) is -3.79. The van der Waals surface area contributed by atoms with Gasteiger partial charge >= 0.3 is 0 Å². The number of nitrogen functional groups attached to an aromatic ring is 1. The maximum Gasteiger partial charge on any atom is 0.243 e. The van der Waals surface area contributed by atoms with Crippen LogP contribution < -0.4 is 10.5 Å². The first kappa shape index (κ1) is 11.8. The third-order valence-electron chi connectivity index (χ3n) is 2.24. The monoisotopic (exact) mass is 308 g/mol. The molecule has 0 bridgehead atoms. The normalized spacial score (nSPS) is 16.4. The molecule has 0 aromatic heterocycles. The van der Waals surface area contributed by atoms with Crippen LogP contribution in [0, 0.1) is 5.82 Å². The zero-order chi connectivity index (χ0) is 11.9. The van der Waals surface area contributed by atoms with Crippen LogP contribution in [0.1, 0.15) is 12.8 Å². The van der Waals surface area contributed by atoms with Crippen LogP contribution in [-0.4, -0.2) is 14.5 Å². The van der Waals surface area contributed by atoms with Crippen molar-refractivity contribution in [3.05, 3.63) is 22.4 Å². The Labute approximate surface area is 101 Å². The zero-order valence-corrected chi connectivity index (χ0v) is 10.6. The van der Waals surface area contributed by atoms with E-state index < -0.39 is 20.7 Å². The van der Waals surface area contributed by atoms with Crippen LogP contribution in [0.15, 0.2) is 21.5 Å². The molecule has 1 aromatic carbocycles. The van der Waals surface area contributed by atoms with Gasteiger partial charge in [-0.15, -0.1) is 0 Å². The van der Waals surface area contributed by atoms with Gasteiger partial charge in [0.15, 0.2) is 0 Å². The van der Waals surface area contributed by atoms with E-state index in [1.807, 2.05) is 0 Å². The van der Waals surface area contributed by atoms with Crippen molar-refractivity contribution in [1.82, 2.24) is 4.72 Å². The van der Waals surface area contributed by atoms with E-state index in [2.05, 4.69) is 20.7 Å². The second-order valence-corrected chi connectivity index (χ2v) is 6.24. The SMILES string of the molecule is Nc1cc(S(=O)(=O)NC2CC2)c(F)cc1Br. The van der Waals surface area contributed by atoms with Crippen molar-refractivity contribution in [2.75, 3.05) is 5.73 Å². The molecule has 1 fully saturated rings. The zero-order valence-electron chi connectivity index (χ0n) is 8.20. The molecular weight excluding hydrogens is 299 g/mol. The molecule has 1 aromatic rings. The second-order valence-electron chi connectivity index (χ2n) is 3.70. The summed E-state index contributed by atoms with van der Waals surface area (Å²) >= 11 is 3.03. The summed E-state index contributed by atoms with van der Waals surface area (Å²) in [6, 6.07) is 2.11. The highest BCUT2D eigenvalue weighted by Gasteiger charge is 2.30. The van der Waals surface area contributed by atoms with E-state index in [1.165, 1.54) is 0 Å². The molecule has 0 aliphatic heterocycles. The van der Waals surface area contributed by atoms with E-state index in [-0.39, 0.29) is 11.7 Å². The topological polar surface area (TPSA) is 72.2 Å². The van der Waals surface area contributed by atoms with Crippen LogP contribution in [-0.2, 0) is 10.0 Å². The van der Waals surface area contributed by atoms with E-state index in [9.17, 15) is 12.8 Å². The van der Waals surface area contributed by atoms with Gasteiger partial charge in [-0.3, -0.25) is 0 Å². The Balaban J connectivity index is 2.42. The lowest BCUT2D eigenvalue weighted by atomic mass is 10.3. The average Bonchev–Trinajstić information content (AvgIpc) is 2.94. The van der Waals surface area contributed by atoms with Gasteiger partial charge in [-0.05, 0) is 40.9 Å². The molecule has 0 spiro atoms. The molecule has 0 amide bonds. The van der Waals surface area contributed by atoms with Crippen LogP contribution in [0.5, 0.6) is 0 Å². The summed E-state index contributed by atoms with van der Waals surface area (Å²) in [6.45, 7) is 0. The van der Waals surface area contributed by atoms with Crippen LogP contribution in [0.2, 0.25) is 0 Å². The van der Waals surface area contributed by atoms with Gasteiger partial charge in [0.05, 0.1) is 0 Å². The van der Waals surface area contributed by atoms with Crippen LogP contribution >= 0.6 is 15.9 Å². The summed E-state index contributed by atoms with van der Waals surface area (Å²) in [4.78, 5) is -0.403. The van der Waals surface area contributed by atoms with E-state index in [4.69, 9.17) is 5.73 Å². The molecule has 16 heavy (non-hydrogen) atoms. The first-order valence-electron chi connectivity index (χ1n) is 4.67. The summed E-state index contributed by atoms with van der Waals surface area (Å²) in [5.41, 5.74) is 5.72. The predicted molar refractivity (Wildman–Crippen MR) is 61.9 cm³/mol. The molecule has 88 valence electrons. The highest BCUT2D eigenvalue weighted by atomic mass is 79.9. The number of nitrogens with one attached hydrogen (secondary N) is 1. The van der Waals surface area contributed by atoms with Crippen molar-refractivity contribution in [2.45, 2.75) is 23.8 Å². The molecule has 0 unspecified atom stereocenters. The van der Waals surface area contributed by atoms with Crippen molar-refractivity contribution >= 4 is 31.6 Å². The molecule has 4 nitrogen and oxygen atoms in total. The lowest BCUT2D eigenvalue weighted by molar-refractivity contribution is 0.556. The van der Waals surface area contributed by atoms with Crippen molar-refractivity contribution in [3.63, 3.8) is 0 Å². The third-order valence-corrected chi connectivity index (χ3v) is 4.46. The Morgan fingerprint density at radius 2 is 2.06 bits per heavy atom. The van der Waals surface area contributed by atoms with Gasteiger partial charge in [-0.1, -0.05) is 0 Å². The van der Waals surface area contributed by atoms with Gasteiger partial charge in [0.25, 0.3) is 0 Å². The molecule has 0 radical (unpaired) electrons. The number of halogens is 2. The first-order valence-corrected chi connectivity index (χ1v) is 6.94. The summed E-state index contributed by atoms with van der Waals surface area (Å²) in [6.07, 6.45) is 1.60. The van der Waals surface area contributed by atoms with Gasteiger partial charge in [0.1, 0.15) is 10.7 Å². The number of rotatable bonds is 3. The van der Waals surface area contributed by atoms with Gasteiger partial charge in [0, 0.05) is 16.2 Å². The maximum absolute atomic E-state index is 13.5. The molecule has 0 heterocycles. The van der Waals surface area contributed by atoms with Gasteiger partial charge in [0.2, 0.25) is 10.0 Å². The molecule has 3 N–H and O–H groups in total. The summed E-state index contributed by atoms with van der Waals surface area (Å²) in [5, 5.41) is 0. The quantitative estimate of drug-likeness (QED) is 0.833. The van der Waals surface area contributed by atoms with E-state index in [0.717, 1.165) is 25.0 Å². The number of hydrogen-bond acceptors (Lipinski definition) is 3. The molecule has 1 saturated carbocycles. The fraction of sp³-hybridized carbons (Fsp3) is 0.333. The third kappa shape index (κ3) is 2.36. The molecule has 1 aliphatic rings. The van der Waals surface area contributed by atoms with Crippen molar-refractivity contribution in [1.29, 1.82) is 0 Å². The molecule has 7 heteroatoms. The molecular formula is C9H10BrFN2O2S. The minimum absolute atomic E-state index is 0.0609. The van der Waals surface area contributed by atoms with E-state index in [0.29, 0.717) is 4.47 Å². The number of benzene rings is 1. The first-order chi connectivity index (χ1) is 7.40. The van der Waals surface area contributed by atoms with Crippen LogP contribution in [0.3, 0.4) is 0 Å². The average molecular weight is 309 g/mol. The largest absolute Gasteiger partial charge is 0.398 e. The van der Waals surface area contributed by atoms with Crippen molar-refractivity contribution < 1.29 is 12.8 Å². The number of sulfonamides is 1. The van der Waals surface area contributed by atoms with Crippen molar-refractivity contribution in [3.8, 4) is 0 Å². The Morgan fingerprint density at radius 3 is 2.62 bits per heavy atom. The lowest BCUT2D eigenvalue weighted by Gasteiger charge is -2.08. The highest BCUT2D eigenvalue weighted by Crippen LogP contribution is 2.28. The molecule has 0 saturated heterocycles. The lowest BCUT2D eigenvalue weighted by Crippen LogP contribution is -2.26. The fourth-order valence-electron chi connectivity index (χ4n) is 1.23. The number of nitrogens with two attached hydrogens (primary N) is 1. The van der Waals surface area contributed by atoms with Crippen molar-refractivity contribution in [2.24, 2.45) is 0 Å². The predicted octanol–water partition coefficient (Wildman–Crippen LogP) is 1.61. The van der Waals surface area contributed by atoms with Crippen LogP contribution in [0.4, 0.5) is 10.1 Å². The van der Waals surface area contributed by atoms with E-state index >= 15 is 0 Å². The molecule has 2 rings (SSSR count).